The van der Waals surface area contributed by atoms with Crippen molar-refractivity contribution in [1.82, 2.24) is 10.2 Å². The van der Waals surface area contributed by atoms with Crippen molar-refractivity contribution in [1.29, 1.82) is 0 Å². The Labute approximate surface area is 177 Å². The minimum atomic E-state index is -0.646. The van der Waals surface area contributed by atoms with Gasteiger partial charge in [-0.3, -0.25) is 9.59 Å². The second kappa shape index (κ2) is 11.0. The molecule has 0 saturated carbocycles. The average Bonchev–Trinajstić information content (AvgIpc) is 2.71. The summed E-state index contributed by atoms with van der Waals surface area (Å²) in [6.07, 6.45) is 1.51. The van der Waals surface area contributed by atoms with Gasteiger partial charge in [-0.25, -0.2) is 4.39 Å². The van der Waals surface area contributed by atoms with Crippen LogP contribution in [-0.4, -0.2) is 28.8 Å². The quantitative estimate of drug-likeness (QED) is 0.639. The number of hydrogen-bond donors (Lipinski definition) is 1. The van der Waals surface area contributed by atoms with Crippen LogP contribution in [0.25, 0.3) is 0 Å². The molecular formula is C23H28ClFN2O2. The molecule has 0 fully saturated rings. The third-order valence-corrected chi connectivity index (χ3v) is 5.37. The van der Waals surface area contributed by atoms with Gasteiger partial charge >= 0.3 is 0 Å². The lowest BCUT2D eigenvalue weighted by atomic mass is 10.1. The Morgan fingerprint density at radius 1 is 1.10 bits per heavy atom. The number of benzene rings is 2. The molecule has 156 valence electrons. The fourth-order valence-electron chi connectivity index (χ4n) is 2.92. The van der Waals surface area contributed by atoms with E-state index in [0.717, 1.165) is 17.5 Å². The summed E-state index contributed by atoms with van der Waals surface area (Å²) in [6.45, 7) is 5.86. The van der Waals surface area contributed by atoms with E-state index in [1.165, 1.54) is 12.1 Å². The zero-order valence-electron chi connectivity index (χ0n) is 17.1. The van der Waals surface area contributed by atoms with Crippen LogP contribution in [0.15, 0.2) is 48.5 Å². The van der Waals surface area contributed by atoms with Crippen molar-refractivity contribution >= 4 is 23.4 Å². The van der Waals surface area contributed by atoms with Crippen molar-refractivity contribution in [3.05, 3.63) is 70.5 Å². The maximum absolute atomic E-state index is 13.2. The molecule has 2 aromatic carbocycles. The average molecular weight is 419 g/mol. The molecule has 0 heterocycles. The fourth-order valence-corrected chi connectivity index (χ4v) is 3.15. The van der Waals surface area contributed by atoms with Crippen LogP contribution in [0.2, 0.25) is 5.02 Å². The molecule has 0 spiro atoms. The van der Waals surface area contributed by atoms with E-state index in [2.05, 4.69) is 5.32 Å². The highest BCUT2D eigenvalue weighted by molar-refractivity contribution is 6.31. The molecule has 2 rings (SSSR count). The largest absolute Gasteiger partial charge is 0.352 e. The summed E-state index contributed by atoms with van der Waals surface area (Å²) in [4.78, 5) is 27.2. The zero-order valence-corrected chi connectivity index (χ0v) is 17.9. The second-order valence-electron chi connectivity index (χ2n) is 7.23. The summed E-state index contributed by atoms with van der Waals surface area (Å²) in [6, 6.07) is 12.7. The van der Waals surface area contributed by atoms with Crippen LogP contribution < -0.4 is 5.32 Å². The predicted molar refractivity (Wildman–Crippen MR) is 114 cm³/mol. The molecule has 29 heavy (non-hydrogen) atoms. The lowest BCUT2D eigenvalue weighted by Crippen LogP contribution is -2.49. The molecular weight excluding hydrogens is 391 g/mol. The number of amides is 2. The summed E-state index contributed by atoms with van der Waals surface area (Å²) >= 11 is 6.19. The molecule has 4 nitrogen and oxygen atoms in total. The molecule has 1 N–H and O–H groups in total. The molecule has 2 amide bonds. The van der Waals surface area contributed by atoms with Crippen LogP contribution in [-0.2, 0) is 22.6 Å². The highest BCUT2D eigenvalue weighted by Crippen LogP contribution is 2.18. The molecule has 0 radical (unpaired) electrons. The Morgan fingerprint density at radius 3 is 2.38 bits per heavy atom. The van der Waals surface area contributed by atoms with Crippen LogP contribution in [0.5, 0.6) is 0 Å². The van der Waals surface area contributed by atoms with E-state index in [4.69, 9.17) is 11.6 Å². The van der Waals surface area contributed by atoms with Crippen LogP contribution in [0.3, 0.4) is 0 Å². The number of nitrogens with one attached hydrogen (secondary N) is 1. The molecule has 0 aliphatic carbocycles. The number of carbonyl (C=O) groups excluding carboxylic acids is 2. The smallest absolute Gasteiger partial charge is 0.242 e. The molecule has 6 heteroatoms. The van der Waals surface area contributed by atoms with Crippen LogP contribution >= 0.6 is 11.6 Å². The first kappa shape index (κ1) is 22.9. The predicted octanol–water partition coefficient (Wildman–Crippen LogP) is 4.74. The SMILES string of the molecule is CC[C@@H](C)NC(=O)[C@@H](C)N(Cc1ccc(F)cc1)C(=O)CCc1ccccc1Cl. The van der Waals surface area contributed by atoms with Gasteiger partial charge in [0.25, 0.3) is 0 Å². The Bertz CT molecular complexity index is 826. The molecule has 0 unspecified atom stereocenters. The number of aryl methyl sites for hydroxylation is 1. The first-order valence-electron chi connectivity index (χ1n) is 9.89. The van der Waals surface area contributed by atoms with Gasteiger partial charge in [0.1, 0.15) is 11.9 Å². The van der Waals surface area contributed by atoms with E-state index in [0.29, 0.717) is 11.4 Å². The normalized spacial score (nSPS) is 12.9. The molecule has 0 saturated heterocycles. The van der Waals surface area contributed by atoms with Crippen LogP contribution in [0.1, 0.15) is 44.7 Å². The Morgan fingerprint density at radius 2 is 1.76 bits per heavy atom. The topological polar surface area (TPSA) is 49.4 Å². The molecule has 0 aliphatic rings. The van der Waals surface area contributed by atoms with E-state index in [-0.39, 0.29) is 36.6 Å². The van der Waals surface area contributed by atoms with Crippen molar-refractivity contribution < 1.29 is 14.0 Å². The standard InChI is InChI=1S/C23H28ClFN2O2/c1-4-16(2)26-23(29)17(3)27(15-18-9-12-20(25)13-10-18)22(28)14-11-19-7-5-6-8-21(19)24/h5-10,12-13,16-17H,4,11,14-15H2,1-3H3,(H,26,29)/t16-,17-/m1/s1. The van der Waals surface area contributed by atoms with Crippen molar-refractivity contribution in [3.8, 4) is 0 Å². The van der Waals surface area contributed by atoms with Crippen molar-refractivity contribution in [3.63, 3.8) is 0 Å². The van der Waals surface area contributed by atoms with Gasteiger partial charge in [-0.05, 0) is 56.0 Å². The molecule has 2 aromatic rings. The highest BCUT2D eigenvalue weighted by Gasteiger charge is 2.26. The van der Waals surface area contributed by atoms with Gasteiger partial charge in [0.15, 0.2) is 0 Å². The number of halogens is 2. The zero-order chi connectivity index (χ0) is 21.4. The van der Waals surface area contributed by atoms with Crippen molar-refractivity contribution in [2.24, 2.45) is 0 Å². The molecule has 0 aromatic heterocycles. The van der Waals surface area contributed by atoms with Gasteiger partial charge in [0.05, 0.1) is 0 Å². The molecule has 0 aliphatic heterocycles. The first-order valence-corrected chi connectivity index (χ1v) is 10.3. The number of hydrogen-bond acceptors (Lipinski definition) is 2. The molecule has 0 bridgehead atoms. The summed E-state index contributed by atoms with van der Waals surface area (Å²) in [5.74, 6) is -0.693. The van der Waals surface area contributed by atoms with Gasteiger partial charge in [0, 0.05) is 24.0 Å². The van der Waals surface area contributed by atoms with Gasteiger partial charge < -0.3 is 10.2 Å². The Kier molecular flexibility index (Phi) is 8.65. The second-order valence-corrected chi connectivity index (χ2v) is 7.64. The van der Waals surface area contributed by atoms with E-state index in [1.54, 1.807) is 30.0 Å². The monoisotopic (exact) mass is 418 g/mol. The minimum Gasteiger partial charge on any atom is -0.352 e. The van der Waals surface area contributed by atoms with Gasteiger partial charge in [-0.2, -0.15) is 0 Å². The number of carbonyl (C=O) groups is 2. The van der Waals surface area contributed by atoms with E-state index in [1.807, 2.05) is 32.0 Å². The minimum absolute atomic E-state index is 0.0239. The third kappa shape index (κ3) is 6.86. The maximum Gasteiger partial charge on any atom is 0.242 e. The Balaban J connectivity index is 2.15. The van der Waals surface area contributed by atoms with E-state index < -0.39 is 6.04 Å². The highest BCUT2D eigenvalue weighted by atomic mass is 35.5. The van der Waals surface area contributed by atoms with Crippen molar-refractivity contribution in [2.45, 2.75) is 58.7 Å². The molecule has 2 atom stereocenters. The van der Waals surface area contributed by atoms with Crippen LogP contribution in [0.4, 0.5) is 4.39 Å². The van der Waals surface area contributed by atoms with E-state index in [9.17, 15) is 14.0 Å². The summed E-state index contributed by atoms with van der Waals surface area (Å²) in [7, 11) is 0. The van der Waals surface area contributed by atoms with Crippen LogP contribution in [0, 0.1) is 5.82 Å². The number of rotatable bonds is 9. The maximum atomic E-state index is 13.2. The van der Waals surface area contributed by atoms with Gasteiger partial charge in [0.2, 0.25) is 11.8 Å². The number of nitrogens with zero attached hydrogens (tertiary/aromatic N) is 1. The lowest BCUT2D eigenvalue weighted by molar-refractivity contribution is -0.140. The summed E-state index contributed by atoms with van der Waals surface area (Å²) in [5, 5.41) is 3.55. The van der Waals surface area contributed by atoms with E-state index >= 15 is 0 Å². The third-order valence-electron chi connectivity index (χ3n) is 5.00. The summed E-state index contributed by atoms with van der Waals surface area (Å²) < 4.78 is 13.2. The van der Waals surface area contributed by atoms with Gasteiger partial charge in [-0.1, -0.05) is 48.9 Å². The lowest BCUT2D eigenvalue weighted by Gasteiger charge is -2.30. The van der Waals surface area contributed by atoms with Gasteiger partial charge in [-0.15, -0.1) is 0 Å². The Hall–Kier alpha value is -2.40. The summed E-state index contributed by atoms with van der Waals surface area (Å²) in [5.41, 5.74) is 1.65. The fraction of sp³-hybridized carbons (Fsp3) is 0.391. The first-order chi connectivity index (χ1) is 13.8. The van der Waals surface area contributed by atoms with Crippen molar-refractivity contribution in [2.75, 3.05) is 0 Å².